The van der Waals surface area contributed by atoms with Gasteiger partial charge in [0, 0.05) is 176 Å². The second kappa shape index (κ2) is 61.6. The van der Waals surface area contributed by atoms with E-state index in [0.717, 1.165) is 4.90 Å². The molecular weight excluding hydrogens is 1770 g/mol. The number of carboxylic acids is 5. The second-order valence-electron chi connectivity index (χ2n) is 33.2. The first kappa shape index (κ1) is 115. The zero-order chi connectivity index (χ0) is 98.9. The summed E-state index contributed by atoms with van der Waals surface area (Å²) >= 11 is 2.41. The number of nitrogens with zero attached hydrogens (tertiary/aromatic N) is 3. The van der Waals surface area contributed by atoms with Crippen LogP contribution in [0.15, 0.2) is 29.3 Å². The topological polar surface area (TPSA) is 665 Å². The molecule has 2 saturated heterocycles. The molecule has 42 nitrogen and oxygen atoms in total. The van der Waals surface area contributed by atoms with Gasteiger partial charge in [-0.1, -0.05) is 45.0 Å². The number of carboxylic acid groups (broad SMARTS) is 5. The van der Waals surface area contributed by atoms with E-state index in [1.54, 1.807) is 20.1 Å². The lowest BCUT2D eigenvalue weighted by Gasteiger charge is -2.27. The summed E-state index contributed by atoms with van der Waals surface area (Å²) in [6.45, 7) is 7.41. The number of aliphatic carboxylic acids is 5. The standard InChI is InChI=1S/C88H129N11O31S2/c1-50(2)39-64(69(105)23-24-74(109)93-66(49-131-7)70(106)40-51(3)82(122)92-47-61(103)42-56(53(5)101)11-8-31-91-88(89)90)97-86(126)67-12-9-32-98(67)76(111)48-130-34-10-13-68(104)65(41-54-14-16-55(17-15-54)52(4)100)96-85(125)59(20-27-79(116)117)45-72(108)63(22-29-81(120)121)95-84(124)58(19-26-78(114)115)44-71(107)62(21-28-80(118)119)94-83(123)57(18-25-77(112)113)43-60(102)30-33-99-75(110)46-73(87(99)127)132-38-37-129-36-35-128-6/h14-17,50-51,56-59,62-67,73H,8-13,18-49H2,1-7H3,(H,92,122)(H,93,109)(H,94,123)(H,95,124)(H,96,125)(H,97,126)(H,112,113)(H,114,115)(H,116,117)(H,118,119)(H,120,121)(H4,89,90,91)/t51-,56+,57+,58+,59+,62-,63-,64+,65+,66+,67+,73?/m1/s1. The highest BCUT2D eigenvalue weighted by Crippen LogP contribution is 2.28. The van der Waals surface area contributed by atoms with Gasteiger partial charge < -0.3 is 88.0 Å². The minimum absolute atomic E-state index is 0.0943. The Balaban J connectivity index is 1.77. The number of nitrogens with one attached hydrogen (secondary N) is 6. The van der Waals surface area contributed by atoms with Crippen LogP contribution in [0.5, 0.6) is 0 Å². The number of carbonyl (C=O) groups is 23. The molecule has 0 radical (unpaired) electrons. The minimum Gasteiger partial charge on any atom is -0.481 e. The van der Waals surface area contributed by atoms with Crippen molar-refractivity contribution >= 4 is 165 Å². The molecule has 1 aromatic rings. The van der Waals surface area contributed by atoms with Crippen molar-refractivity contribution in [1.82, 2.24) is 41.7 Å². The fraction of sp³-hybridized carbons (Fsp3) is 0.659. The van der Waals surface area contributed by atoms with Crippen LogP contribution in [0.3, 0.4) is 0 Å². The summed E-state index contributed by atoms with van der Waals surface area (Å²) in [4.78, 5) is 311. The summed E-state index contributed by atoms with van der Waals surface area (Å²) in [6, 6.07) is -2.48. The molecule has 2 fully saturated rings. The minimum atomic E-state index is -1.88. The maximum Gasteiger partial charge on any atom is 0.303 e. The summed E-state index contributed by atoms with van der Waals surface area (Å²) in [5.74, 6) is -26.3. The predicted molar refractivity (Wildman–Crippen MR) is 476 cm³/mol. The third kappa shape index (κ3) is 45.3. The van der Waals surface area contributed by atoms with Crippen molar-refractivity contribution in [3.63, 3.8) is 0 Å². The van der Waals surface area contributed by atoms with Crippen LogP contribution in [-0.4, -0.2) is 302 Å². The molecule has 0 saturated carbocycles. The number of likely N-dealkylation sites (tertiary alicyclic amines) is 2. The largest absolute Gasteiger partial charge is 0.481 e. The maximum atomic E-state index is 14.6. The number of amides is 9. The van der Waals surface area contributed by atoms with Gasteiger partial charge in [0.25, 0.3) is 0 Å². The molecule has 44 heteroatoms. The number of methoxy groups -OCH3 is 1. The van der Waals surface area contributed by atoms with E-state index in [1.807, 2.05) is 0 Å². The van der Waals surface area contributed by atoms with E-state index in [2.05, 4.69) is 36.9 Å². The van der Waals surface area contributed by atoms with E-state index in [9.17, 15) is 136 Å². The first-order valence-electron chi connectivity index (χ1n) is 43.9. The highest BCUT2D eigenvalue weighted by atomic mass is 32.2. The van der Waals surface area contributed by atoms with Crippen molar-refractivity contribution in [3.8, 4) is 0 Å². The molecule has 132 heavy (non-hydrogen) atoms. The highest BCUT2D eigenvalue weighted by molar-refractivity contribution is 8.00. The molecule has 1 unspecified atom stereocenters. The van der Waals surface area contributed by atoms with E-state index in [0.29, 0.717) is 43.8 Å². The lowest BCUT2D eigenvalue weighted by molar-refractivity contribution is -0.142. The number of hydrogen-bond donors (Lipinski definition) is 13. The van der Waals surface area contributed by atoms with Gasteiger partial charge >= 0.3 is 29.8 Å². The van der Waals surface area contributed by atoms with Crippen molar-refractivity contribution in [1.29, 1.82) is 0 Å². The van der Waals surface area contributed by atoms with Gasteiger partial charge in [0.1, 0.15) is 24.2 Å². The Morgan fingerprint density at radius 2 is 1.07 bits per heavy atom. The molecule has 3 rings (SSSR count). The maximum absolute atomic E-state index is 14.6. The summed E-state index contributed by atoms with van der Waals surface area (Å²) in [5, 5.41) is 63.1. The van der Waals surface area contributed by atoms with Gasteiger partial charge in [-0.2, -0.15) is 11.8 Å². The van der Waals surface area contributed by atoms with Crippen molar-refractivity contribution in [2.24, 2.45) is 52.0 Å². The molecule has 2 aliphatic heterocycles. The summed E-state index contributed by atoms with van der Waals surface area (Å²) in [6.07, 6.45) is -9.18. The van der Waals surface area contributed by atoms with Gasteiger partial charge in [0.2, 0.25) is 53.2 Å². The third-order valence-electron chi connectivity index (χ3n) is 22.0. The highest BCUT2D eigenvalue weighted by Gasteiger charge is 2.42. The van der Waals surface area contributed by atoms with Crippen molar-refractivity contribution < 1.29 is 150 Å². The van der Waals surface area contributed by atoms with Crippen LogP contribution in [0.2, 0.25) is 0 Å². The average Bonchev–Trinajstić information content (AvgIpc) is 1.46. The molecule has 12 atom stereocenters. The molecule has 734 valence electrons. The number of benzene rings is 1. The third-order valence-corrected chi connectivity index (χ3v) is 23.8. The van der Waals surface area contributed by atoms with Crippen molar-refractivity contribution in [2.75, 3.05) is 84.1 Å². The van der Waals surface area contributed by atoms with Crippen LogP contribution < -0.4 is 43.4 Å². The molecule has 0 bridgehead atoms. The molecule has 2 aliphatic rings. The molecule has 0 spiro atoms. The van der Waals surface area contributed by atoms with Crippen molar-refractivity contribution in [2.45, 2.75) is 249 Å². The number of nitrogens with two attached hydrogens (primary N) is 2. The molecule has 0 aliphatic carbocycles. The number of rotatable bonds is 73. The van der Waals surface area contributed by atoms with Gasteiger partial charge in [0.05, 0.1) is 61.8 Å². The zero-order valence-electron chi connectivity index (χ0n) is 75.8. The van der Waals surface area contributed by atoms with Gasteiger partial charge in [-0.3, -0.25) is 120 Å². The van der Waals surface area contributed by atoms with E-state index in [-0.39, 0.29) is 132 Å². The van der Waals surface area contributed by atoms with Gasteiger partial charge in [-0.05, 0) is 109 Å². The molecule has 2 heterocycles. The van der Waals surface area contributed by atoms with Crippen molar-refractivity contribution in [3.05, 3.63) is 35.4 Å². The number of ketones is 9. The lowest BCUT2D eigenvalue weighted by atomic mass is 9.89. The first-order valence-corrected chi connectivity index (χ1v) is 46.4. The molecule has 0 aromatic heterocycles. The Bertz CT molecular complexity index is 4240. The van der Waals surface area contributed by atoms with Crippen LogP contribution in [-0.2, 0) is 126 Å². The quantitative estimate of drug-likeness (QED) is 0.0145. The fourth-order valence-electron chi connectivity index (χ4n) is 14.6. The van der Waals surface area contributed by atoms with Crippen LogP contribution in [0.1, 0.15) is 217 Å². The van der Waals surface area contributed by atoms with Crippen LogP contribution in [0.4, 0.5) is 0 Å². The summed E-state index contributed by atoms with van der Waals surface area (Å²) < 4.78 is 16.0. The molecule has 9 amide bonds. The Labute approximate surface area is 773 Å². The number of thioether (sulfide) groups is 2. The monoisotopic (exact) mass is 1900 g/mol. The van der Waals surface area contributed by atoms with E-state index in [1.165, 1.54) is 80.6 Å². The number of Topliss-reactive ketones (excluding diaryl/α,β-unsaturated/α-hetero) is 9. The van der Waals surface area contributed by atoms with Gasteiger partial charge in [-0.25, -0.2) is 0 Å². The Hall–Kier alpha value is -11.1. The summed E-state index contributed by atoms with van der Waals surface area (Å²) in [7, 11) is 1.49. The van der Waals surface area contributed by atoms with E-state index in [4.69, 9.17) is 25.7 Å². The van der Waals surface area contributed by atoms with Crippen LogP contribution in [0, 0.1) is 35.5 Å². The average molecular weight is 1900 g/mol. The smallest absolute Gasteiger partial charge is 0.303 e. The van der Waals surface area contributed by atoms with Gasteiger partial charge in [0.15, 0.2) is 46.4 Å². The second-order valence-corrected chi connectivity index (χ2v) is 35.4. The van der Waals surface area contributed by atoms with E-state index < -0.39 is 298 Å². The number of guanidine groups is 1. The normalized spacial score (nSPS) is 15.8. The Morgan fingerprint density at radius 3 is 1.59 bits per heavy atom. The van der Waals surface area contributed by atoms with Gasteiger partial charge in [-0.15, -0.1) is 11.8 Å². The first-order chi connectivity index (χ1) is 62.3. The fourth-order valence-corrected chi connectivity index (χ4v) is 16.2. The van der Waals surface area contributed by atoms with Crippen LogP contribution >= 0.6 is 23.5 Å². The molecular formula is C88H129N11O31S2. The summed E-state index contributed by atoms with van der Waals surface area (Å²) in [5.41, 5.74) is 11.4. The van der Waals surface area contributed by atoms with Crippen LogP contribution in [0.25, 0.3) is 0 Å². The Kier molecular flexibility index (Phi) is 53.7. The number of imide groups is 1. The lowest BCUT2D eigenvalue weighted by Crippen LogP contribution is -2.52. The SMILES string of the molecule is COCCOCCSC1CC(=O)N(CCC(=O)C[C@H](CCC(=O)O)C(=O)N[C@H](CCC(=O)O)C(=O)C[C@H](CCC(=O)O)C(=O)N[C@H](CCC(=O)O)C(=O)C[C@H](CCC(=O)O)C(=O)N[C@@H](Cc2ccc(C(C)=O)cc2)C(=O)CCCOCC(=O)N2CCC[C@H]2C(=O)N[C@@H](CC(C)C)C(=O)CCC(=O)N[C@@H](CSC)C(=O)C[C@@H](C)C(=O)NCC(=O)C[C@H](CCCN=C(N)N)C(C)=O)C1=O. The number of hydrogen-bond acceptors (Lipinski definition) is 29. The number of carbonyl (C=O) groups excluding carboxylic acids is 18. The number of ether oxygens (including phenoxy) is 3. The molecule has 15 N–H and O–H groups in total. The Morgan fingerprint density at radius 1 is 0.538 bits per heavy atom. The number of aliphatic imine (C=N–C) groups is 1. The predicted octanol–water partition coefficient (Wildman–Crippen LogP) is 1.86. The molecule has 1 aromatic carbocycles. The zero-order valence-corrected chi connectivity index (χ0v) is 77.5. The van der Waals surface area contributed by atoms with E-state index >= 15 is 0 Å².